The smallest absolute Gasteiger partial charge is 0.251 e. The Balaban J connectivity index is 2.05. The van der Waals surface area contributed by atoms with E-state index in [2.05, 4.69) is 5.32 Å². The van der Waals surface area contributed by atoms with Crippen LogP contribution in [0.25, 0.3) is 0 Å². The summed E-state index contributed by atoms with van der Waals surface area (Å²) in [6, 6.07) is 11.5. The average Bonchev–Trinajstić information content (AvgIpc) is 2.35. The van der Waals surface area contributed by atoms with E-state index in [9.17, 15) is 9.18 Å². The number of anilines is 1. The number of carbonyl (C=O) groups is 1. The molecule has 0 radical (unpaired) electrons. The van der Waals surface area contributed by atoms with Crippen LogP contribution in [0.3, 0.4) is 0 Å². The standard InChI is InChI=1S/C15H15FN2O/c1-10-5-12(8-13(16)6-10)15(19)18-9-11-3-2-4-14(17)7-11/h2-8H,9,17H2,1H3,(H,18,19). The number of nitrogen functional groups attached to an aromatic ring is 1. The zero-order chi connectivity index (χ0) is 13.8. The van der Waals surface area contributed by atoms with E-state index in [1.54, 1.807) is 25.1 Å². The first kappa shape index (κ1) is 13.1. The van der Waals surface area contributed by atoms with Crippen molar-refractivity contribution >= 4 is 11.6 Å². The third kappa shape index (κ3) is 3.55. The highest BCUT2D eigenvalue weighted by Gasteiger charge is 2.07. The van der Waals surface area contributed by atoms with Gasteiger partial charge in [-0.15, -0.1) is 0 Å². The maximum Gasteiger partial charge on any atom is 0.251 e. The lowest BCUT2D eigenvalue weighted by Gasteiger charge is -2.07. The van der Waals surface area contributed by atoms with Crippen molar-refractivity contribution in [3.05, 3.63) is 65.0 Å². The number of amides is 1. The number of halogens is 1. The summed E-state index contributed by atoms with van der Waals surface area (Å²) in [5.41, 5.74) is 8.24. The van der Waals surface area contributed by atoms with Crippen molar-refractivity contribution in [3.63, 3.8) is 0 Å². The largest absolute Gasteiger partial charge is 0.399 e. The molecule has 2 aromatic rings. The topological polar surface area (TPSA) is 55.1 Å². The van der Waals surface area contributed by atoms with Gasteiger partial charge in [-0.3, -0.25) is 4.79 Å². The van der Waals surface area contributed by atoms with Crippen LogP contribution >= 0.6 is 0 Å². The molecular formula is C15H15FN2O. The molecule has 4 heteroatoms. The van der Waals surface area contributed by atoms with E-state index in [1.807, 2.05) is 12.1 Å². The van der Waals surface area contributed by atoms with Gasteiger partial charge in [0.15, 0.2) is 0 Å². The van der Waals surface area contributed by atoms with Gasteiger partial charge < -0.3 is 11.1 Å². The van der Waals surface area contributed by atoms with Crippen LogP contribution in [0.4, 0.5) is 10.1 Å². The van der Waals surface area contributed by atoms with Gasteiger partial charge in [0, 0.05) is 17.8 Å². The molecule has 2 rings (SSSR count). The van der Waals surface area contributed by atoms with Crippen molar-refractivity contribution in [2.75, 3.05) is 5.73 Å². The molecule has 0 atom stereocenters. The molecule has 0 fully saturated rings. The molecule has 0 aliphatic rings. The van der Waals surface area contributed by atoms with Crippen LogP contribution in [0.5, 0.6) is 0 Å². The van der Waals surface area contributed by atoms with Crippen LogP contribution in [0.15, 0.2) is 42.5 Å². The first-order valence-corrected chi connectivity index (χ1v) is 5.94. The van der Waals surface area contributed by atoms with Crippen LogP contribution in [0, 0.1) is 12.7 Å². The fraction of sp³-hybridized carbons (Fsp3) is 0.133. The molecule has 3 nitrogen and oxygen atoms in total. The molecule has 2 aromatic carbocycles. The number of nitrogens with two attached hydrogens (primary N) is 1. The van der Waals surface area contributed by atoms with E-state index in [0.717, 1.165) is 5.56 Å². The van der Waals surface area contributed by atoms with Crippen molar-refractivity contribution < 1.29 is 9.18 Å². The number of aryl methyl sites for hydroxylation is 1. The summed E-state index contributed by atoms with van der Waals surface area (Å²) < 4.78 is 13.2. The second kappa shape index (κ2) is 5.52. The minimum Gasteiger partial charge on any atom is -0.399 e. The molecule has 1 amide bonds. The predicted molar refractivity (Wildman–Crippen MR) is 73.2 cm³/mol. The quantitative estimate of drug-likeness (QED) is 0.831. The van der Waals surface area contributed by atoms with Crippen molar-refractivity contribution in [1.29, 1.82) is 0 Å². The summed E-state index contributed by atoms with van der Waals surface area (Å²) in [6.07, 6.45) is 0. The Kier molecular flexibility index (Phi) is 3.80. The van der Waals surface area contributed by atoms with Crippen LogP contribution in [0.2, 0.25) is 0 Å². The molecular weight excluding hydrogens is 243 g/mol. The third-order valence-corrected chi connectivity index (χ3v) is 2.71. The van der Waals surface area contributed by atoms with E-state index in [-0.39, 0.29) is 5.91 Å². The Bertz CT molecular complexity index is 591. The first-order chi connectivity index (χ1) is 9.04. The molecule has 0 bridgehead atoms. The van der Waals surface area contributed by atoms with Crippen molar-refractivity contribution in [3.8, 4) is 0 Å². The summed E-state index contributed by atoms with van der Waals surface area (Å²) in [5.74, 6) is -0.709. The van der Waals surface area contributed by atoms with Gasteiger partial charge in [0.1, 0.15) is 5.82 Å². The van der Waals surface area contributed by atoms with Gasteiger partial charge in [0.25, 0.3) is 5.91 Å². The molecule has 0 saturated heterocycles. The van der Waals surface area contributed by atoms with Crippen molar-refractivity contribution in [1.82, 2.24) is 5.32 Å². The molecule has 0 aliphatic heterocycles. The Labute approximate surface area is 111 Å². The Morgan fingerprint density at radius 3 is 2.74 bits per heavy atom. The van der Waals surface area contributed by atoms with Gasteiger partial charge in [0.05, 0.1) is 0 Å². The SMILES string of the molecule is Cc1cc(F)cc(C(=O)NCc2cccc(N)c2)c1. The van der Waals surface area contributed by atoms with E-state index in [4.69, 9.17) is 5.73 Å². The lowest BCUT2D eigenvalue weighted by atomic mass is 10.1. The molecule has 0 heterocycles. The van der Waals surface area contributed by atoms with Crippen LogP contribution in [0.1, 0.15) is 21.5 Å². The highest BCUT2D eigenvalue weighted by atomic mass is 19.1. The van der Waals surface area contributed by atoms with E-state index in [1.165, 1.54) is 12.1 Å². The second-order valence-corrected chi connectivity index (χ2v) is 4.44. The van der Waals surface area contributed by atoms with Gasteiger partial charge >= 0.3 is 0 Å². The predicted octanol–water partition coefficient (Wildman–Crippen LogP) is 2.65. The summed E-state index contributed by atoms with van der Waals surface area (Å²) in [4.78, 5) is 11.9. The fourth-order valence-electron chi connectivity index (χ4n) is 1.85. The highest BCUT2D eigenvalue weighted by Crippen LogP contribution is 2.09. The fourth-order valence-corrected chi connectivity index (χ4v) is 1.85. The number of hydrogen-bond donors (Lipinski definition) is 2. The minimum atomic E-state index is -0.408. The maximum atomic E-state index is 13.2. The Morgan fingerprint density at radius 2 is 2.05 bits per heavy atom. The molecule has 98 valence electrons. The number of hydrogen-bond acceptors (Lipinski definition) is 2. The van der Waals surface area contributed by atoms with Crippen LogP contribution in [-0.2, 0) is 6.54 Å². The number of carbonyl (C=O) groups excluding carboxylic acids is 1. The molecule has 0 aliphatic carbocycles. The molecule has 0 aromatic heterocycles. The van der Waals surface area contributed by atoms with Crippen molar-refractivity contribution in [2.24, 2.45) is 0 Å². The van der Waals surface area contributed by atoms with Gasteiger partial charge in [-0.1, -0.05) is 12.1 Å². The summed E-state index contributed by atoms with van der Waals surface area (Å²) in [5, 5.41) is 2.74. The van der Waals surface area contributed by atoms with Gasteiger partial charge in [-0.05, 0) is 48.4 Å². The first-order valence-electron chi connectivity index (χ1n) is 5.94. The van der Waals surface area contributed by atoms with Gasteiger partial charge in [-0.2, -0.15) is 0 Å². The van der Waals surface area contributed by atoms with E-state index < -0.39 is 5.82 Å². The zero-order valence-electron chi connectivity index (χ0n) is 10.6. The average molecular weight is 258 g/mol. The second-order valence-electron chi connectivity index (χ2n) is 4.44. The number of rotatable bonds is 3. The molecule has 0 spiro atoms. The van der Waals surface area contributed by atoms with E-state index in [0.29, 0.717) is 23.4 Å². The normalized spacial score (nSPS) is 10.2. The lowest BCUT2D eigenvalue weighted by Crippen LogP contribution is -2.23. The van der Waals surface area contributed by atoms with Crippen LogP contribution < -0.4 is 11.1 Å². The zero-order valence-corrected chi connectivity index (χ0v) is 10.6. The Morgan fingerprint density at radius 1 is 1.26 bits per heavy atom. The summed E-state index contributed by atoms with van der Waals surface area (Å²) >= 11 is 0. The number of nitrogens with one attached hydrogen (secondary N) is 1. The Hall–Kier alpha value is -2.36. The minimum absolute atomic E-state index is 0.301. The van der Waals surface area contributed by atoms with Gasteiger partial charge in [0.2, 0.25) is 0 Å². The van der Waals surface area contributed by atoms with Crippen molar-refractivity contribution in [2.45, 2.75) is 13.5 Å². The molecule has 0 unspecified atom stereocenters. The van der Waals surface area contributed by atoms with Crippen LogP contribution in [-0.4, -0.2) is 5.91 Å². The monoisotopic (exact) mass is 258 g/mol. The maximum absolute atomic E-state index is 13.2. The summed E-state index contributed by atoms with van der Waals surface area (Å²) in [6.45, 7) is 2.11. The third-order valence-electron chi connectivity index (χ3n) is 2.71. The molecule has 19 heavy (non-hydrogen) atoms. The molecule has 3 N–H and O–H groups in total. The lowest BCUT2D eigenvalue weighted by molar-refractivity contribution is 0.0950. The highest BCUT2D eigenvalue weighted by molar-refractivity contribution is 5.94. The molecule has 0 saturated carbocycles. The summed E-state index contributed by atoms with van der Waals surface area (Å²) in [7, 11) is 0. The number of benzene rings is 2. The van der Waals surface area contributed by atoms with Gasteiger partial charge in [-0.25, -0.2) is 4.39 Å². The van der Waals surface area contributed by atoms with E-state index >= 15 is 0 Å².